The van der Waals surface area contributed by atoms with Crippen molar-refractivity contribution < 1.29 is 5.11 Å². The van der Waals surface area contributed by atoms with Crippen molar-refractivity contribution in [2.75, 3.05) is 6.61 Å². The molecule has 0 saturated heterocycles. The first-order valence-electron chi connectivity index (χ1n) is 6.70. The number of aliphatic hydroxyl groups is 1. The average Bonchev–Trinajstić information content (AvgIpc) is 2.46. The number of halogens is 1. The molecule has 2 aromatic carbocycles. The van der Waals surface area contributed by atoms with Crippen molar-refractivity contribution in [2.45, 2.75) is 25.2 Å². The molecule has 0 aliphatic rings. The first kappa shape index (κ1) is 14.3. The summed E-state index contributed by atoms with van der Waals surface area (Å²) < 4.78 is 1.09. The van der Waals surface area contributed by atoms with E-state index in [1.54, 1.807) is 0 Å². The summed E-state index contributed by atoms with van der Waals surface area (Å²) in [6, 6.07) is 18.7. The van der Waals surface area contributed by atoms with E-state index in [1.807, 2.05) is 24.3 Å². The maximum atomic E-state index is 9.58. The van der Waals surface area contributed by atoms with Crippen molar-refractivity contribution in [1.29, 1.82) is 0 Å². The molecule has 2 aromatic rings. The summed E-state index contributed by atoms with van der Waals surface area (Å²) in [4.78, 5) is 0. The highest BCUT2D eigenvalue weighted by Gasteiger charge is 2.12. The van der Waals surface area contributed by atoms with Gasteiger partial charge in [0.25, 0.3) is 0 Å². The maximum absolute atomic E-state index is 9.58. The Bertz CT molecular complexity index is 496. The molecule has 0 spiro atoms. The number of benzene rings is 2. The molecule has 0 aliphatic carbocycles. The highest BCUT2D eigenvalue weighted by atomic mass is 79.9. The summed E-state index contributed by atoms with van der Waals surface area (Å²) in [5, 5.41) is 9.58. The zero-order chi connectivity index (χ0) is 13.5. The van der Waals surface area contributed by atoms with E-state index in [0.717, 1.165) is 23.7 Å². The lowest BCUT2D eigenvalue weighted by molar-refractivity contribution is 0.257. The predicted octanol–water partition coefficient (Wildman–Crippen LogP) is 4.55. The fourth-order valence-electron chi connectivity index (χ4n) is 2.35. The van der Waals surface area contributed by atoms with Crippen LogP contribution in [0.25, 0.3) is 0 Å². The molecular formula is C17H19BrO. The summed E-state index contributed by atoms with van der Waals surface area (Å²) in [6.45, 7) is 0.206. The van der Waals surface area contributed by atoms with E-state index in [9.17, 15) is 5.11 Å². The molecule has 0 aromatic heterocycles. The first-order valence-corrected chi connectivity index (χ1v) is 7.49. The monoisotopic (exact) mass is 318 g/mol. The van der Waals surface area contributed by atoms with E-state index in [2.05, 4.69) is 46.3 Å². The highest BCUT2D eigenvalue weighted by molar-refractivity contribution is 9.10. The van der Waals surface area contributed by atoms with Crippen LogP contribution in [-0.4, -0.2) is 11.7 Å². The van der Waals surface area contributed by atoms with Crippen LogP contribution < -0.4 is 0 Å². The Hall–Kier alpha value is -1.12. The third-order valence-corrected chi connectivity index (χ3v) is 4.15. The Morgan fingerprint density at radius 2 is 1.63 bits per heavy atom. The van der Waals surface area contributed by atoms with Crippen LogP contribution in [0.1, 0.15) is 29.9 Å². The third kappa shape index (κ3) is 4.19. The lowest BCUT2D eigenvalue weighted by Gasteiger charge is -2.16. The summed E-state index contributed by atoms with van der Waals surface area (Å²) in [5.74, 6) is 0.222. The van der Waals surface area contributed by atoms with Crippen molar-refractivity contribution >= 4 is 15.9 Å². The maximum Gasteiger partial charge on any atom is 0.0500 e. The van der Waals surface area contributed by atoms with Gasteiger partial charge in [0.15, 0.2) is 0 Å². The molecule has 100 valence electrons. The minimum atomic E-state index is 0.206. The number of aryl methyl sites for hydroxylation is 1. The zero-order valence-electron chi connectivity index (χ0n) is 10.9. The quantitative estimate of drug-likeness (QED) is 0.828. The molecule has 1 atom stereocenters. The van der Waals surface area contributed by atoms with Crippen molar-refractivity contribution in [3.8, 4) is 0 Å². The fraction of sp³-hybridized carbons (Fsp3) is 0.294. The second kappa shape index (κ2) is 7.46. The zero-order valence-corrected chi connectivity index (χ0v) is 12.5. The lowest BCUT2D eigenvalue weighted by Crippen LogP contribution is -2.05. The van der Waals surface area contributed by atoms with Gasteiger partial charge in [0.2, 0.25) is 0 Å². The molecular weight excluding hydrogens is 300 g/mol. The first-order chi connectivity index (χ1) is 9.31. The molecule has 0 heterocycles. The van der Waals surface area contributed by atoms with Gasteiger partial charge in [0.05, 0.1) is 0 Å². The number of rotatable bonds is 6. The second-order valence-corrected chi connectivity index (χ2v) is 5.63. The van der Waals surface area contributed by atoms with E-state index < -0.39 is 0 Å². The molecule has 0 bridgehead atoms. The molecule has 1 nitrogen and oxygen atoms in total. The Morgan fingerprint density at radius 3 is 2.32 bits per heavy atom. The largest absolute Gasteiger partial charge is 0.396 e. The smallest absolute Gasteiger partial charge is 0.0500 e. The molecule has 1 unspecified atom stereocenters. The van der Waals surface area contributed by atoms with E-state index in [0.29, 0.717) is 0 Å². The Labute approximate surface area is 123 Å². The number of hydrogen-bond acceptors (Lipinski definition) is 1. The molecule has 1 N–H and O–H groups in total. The molecule has 0 saturated carbocycles. The van der Waals surface area contributed by atoms with Gasteiger partial charge >= 0.3 is 0 Å². The van der Waals surface area contributed by atoms with Crippen LogP contribution >= 0.6 is 15.9 Å². The van der Waals surface area contributed by atoms with Gasteiger partial charge in [-0.15, -0.1) is 0 Å². The van der Waals surface area contributed by atoms with Gasteiger partial charge in [-0.05, 0) is 36.5 Å². The van der Waals surface area contributed by atoms with Crippen LogP contribution in [0.3, 0.4) is 0 Å². The summed E-state index contributed by atoms with van der Waals surface area (Å²) in [5.41, 5.74) is 2.57. The van der Waals surface area contributed by atoms with Gasteiger partial charge in [0.1, 0.15) is 0 Å². The van der Waals surface area contributed by atoms with Gasteiger partial charge in [0, 0.05) is 17.0 Å². The summed E-state index contributed by atoms with van der Waals surface area (Å²) in [7, 11) is 0. The standard InChI is InChI=1S/C17H19BrO/c18-17-12-5-4-11-16(17)15(13-19)10-6-9-14-7-2-1-3-8-14/h1-5,7-8,11-12,15,19H,6,9-10,13H2. The summed E-state index contributed by atoms with van der Waals surface area (Å²) in [6.07, 6.45) is 3.17. The van der Waals surface area contributed by atoms with Crippen LogP contribution in [0.4, 0.5) is 0 Å². The van der Waals surface area contributed by atoms with Crippen molar-refractivity contribution in [2.24, 2.45) is 0 Å². The van der Waals surface area contributed by atoms with Gasteiger partial charge in [-0.1, -0.05) is 64.5 Å². The summed E-state index contributed by atoms with van der Waals surface area (Å²) >= 11 is 3.56. The third-order valence-electron chi connectivity index (χ3n) is 3.43. The van der Waals surface area contributed by atoms with Crippen molar-refractivity contribution in [3.63, 3.8) is 0 Å². The molecule has 0 fully saturated rings. The molecule has 19 heavy (non-hydrogen) atoms. The van der Waals surface area contributed by atoms with E-state index in [-0.39, 0.29) is 12.5 Å². The van der Waals surface area contributed by atoms with E-state index in [1.165, 1.54) is 11.1 Å². The van der Waals surface area contributed by atoms with Crippen molar-refractivity contribution in [1.82, 2.24) is 0 Å². The number of hydrogen-bond donors (Lipinski definition) is 1. The van der Waals surface area contributed by atoms with Gasteiger partial charge < -0.3 is 5.11 Å². The molecule has 0 amide bonds. The molecule has 2 rings (SSSR count). The lowest BCUT2D eigenvalue weighted by atomic mass is 9.93. The highest BCUT2D eigenvalue weighted by Crippen LogP contribution is 2.28. The topological polar surface area (TPSA) is 20.2 Å². The average molecular weight is 319 g/mol. The van der Waals surface area contributed by atoms with Gasteiger partial charge in [-0.3, -0.25) is 0 Å². The molecule has 2 heteroatoms. The minimum Gasteiger partial charge on any atom is -0.396 e. The van der Waals surface area contributed by atoms with Crippen LogP contribution in [0, 0.1) is 0 Å². The van der Waals surface area contributed by atoms with Crippen LogP contribution in [0.15, 0.2) is 59.1 Å². The van der Waals surface area contributed by atoms with E-state index in [4.69, 9.17) is 0 Å². The Balaban J connectivity index is 1.92. The minimum absolute atomic E-state index is 0.206. The Morgan fingerprint density at radius 1 is 0.947 bits per heavy atom. The normalized spacial score (nSPS) is 12.3. The second-order valence-electron chi connectivity index (χ2n) is 4.78. The fourth-order valence-corrected chi connectivity index (χ4v) is 2.96. The Kier molecular flexibility index (Phi) is 5.62. The van der Waals surface area contributed by atoms with Gasteiger partial charge in [-0.2, -0.15) is 0 Å². The predicted molar refractivity (Wildman–Crippen MR) is 83.3 cm³/mol. The van der Waals surface area contributed by atoms with Crippen LogP contribution in [-0.2, 0) is 6.42 Å². The number of aliphatic hydroxyl groups excluding tert-OH is 1. The van der Waals surface area contributed by atoms with Crippen LogP contribution in [0.5, 0.6) is 0 Å². The van der Waals surface area contributed by atoms with Crippen LogP contribution in [0.2, 0.25) is 0 Å². The molecule has 0 aliphatic heterocycles. The van der Waals surface area contributed by atoms with Crippen molar-refractivity contribution in [3.05, 3.63) is 70.2 Å². The molecule has 0 radical (unpaired) electrons. The van der Waals surface area contributed by atoms with Gasteiger partial charge in [-0.25, -0.2) is 0 Å². The SMILES string of the molecule is OCC(CCCc1ccccc1)c1ccccc1Br. The van der Waals surface area contributed by atoms with E-state index >= 15 is 0 Å².